The highest BCUT2D eigenvalue weighted by atomic mass is 16.6. The Kier molecular flexibility index (Phi) is 6.14. The zero-order valence-corrected chi connectivity index (χ0v) is 14.9. The number of hydrogen-bond acceptors (Lipinski definition) is 7. The van der Waals surface area contributed by atoms with Crippen LogP contribution in [0.4, 0.5) is 0 Å². The van der Waals surface area contributed by atoms with Crippen molar-refractivity contribution in [1.29, 1.82) is 0 Å². The molecule has 0 N–H and O–H groups in total. The quantitative estimate of drug-likeness (QED) is 0.546. The van der Waals surface area contributed by atoms with Gasteiger partial charge in [-0.1, -0.05) is 12.1 Å². The smallest absolute Gasteiger partial charge is 0.344 e. The van der Waals surface area contributed by atoms with Crippen LogP contribution >= 0.6 is 0 Å². The van der Waals surface area contributed by atoms with Crippen LogP contribution in [0.3, 0.4) is 0 Å². The monoisotopic (exact) mass is 372 g/mol. The number of ether oxygens (including phenoxy) is 5. The van der Waals surface area contributed by atoms with Crippen LogP contribution in [-0.4, -0.2) is 45.3 Å². The van der Waals surface area contributed by atoms with Crippen molar-refractivity contribution in [2.75, 3.05) is 33.5 Å². The van der Waals surface area contributed by atoms with Gasteiger partial charge < -0.3 is 23.7 Å². The zero-order valence-electron chi connectivity index (χ0n) is 14.9. The van der Waals surface area contributed by atoms with E-state index in [1.165, 1.54) is 7.11 Å². The minimum atomic E-state index is -0.649. The van der Waals surface area contributed by atoms with Crippen molar-refractivity contribution in [1.82, 2.24) is 0 Å². The van der Waals surface area contributed by atoms with E-state index in [9.17, 15) is 9.59 Å². The summed E-state index contributed by atoms with van der Waals surface area (Å²) in [6.07, 6.45) is 0.780. The molecule has 0 spiro atoms. The molecule has 0 atom stereocenters. The molecule has 0 bridgehead atoms. The highest BCUT2D eigenvalue weighted by Gasteiger charge is 2.16. The molecule has 0 radical (unpaired) electrons. The van der Waals surface area contributed by atoms with E-state index in [0.717, 1.165) is 6.42 Å². The maximum absolute atomic E-state index is 12.3. The number of para-hydroxylation sites is 2. The number of ketones is 1. The Balaban J connectivity index is 1.51. The summed E-state index contributed by atoms with van der Waals surface area (Å²) >= 11 is 0. The molecule has 1 aliphatic heterocycles. The molecule has 27 heavy (non-hydrogen) atoms. The molecule has 0 saturated heterocycles. The summed E-state index contributed by atoms with van der Waals surface area (Å²) in [5.74, 6) is 1.06. The van der Waals surface area contributed by atoms with E-state index in [4.69, 9.17) is 23.7 Å². The van der Waals surface area contributed by atoms with Crippen LogP contribution in [0, 0.1) is 0 Å². The largest absolute Gasteiger partial charge is 0.493 e. The zero-order chi connectivity index (χ0) is 19.1. The lowest BCUT2D eigenvalue weighted by molar-refractivity contribution is -0.144. The molecule has 1 heterocycles. The number of benzene rings is 2. The van der Waals surface area contributed by atoms with E-state index in [1.807, 2.05) is 0 Å². The Morgan fingerprint density at radius 2 is 1.70 bits per heavy atom. The molecule has 0 fully saturated rings. The van der Waals surface area contributed by atoms with Crippen molar-refractivity contribution in [2.24, 2.45) is 0 Å². The Labute approximate surface area is 156 Å². The molecule has 7 heteroatoms. The van der Waals surface area contributed by atoms with Crippen LogP contribution in [0.1, 0.15) is 16.8 Å². The van der Waals surface area contributed by atoms with Gasteiger partial charge in [-0.3, -0.25) is 4.79 Å². The predicted octanol–water partition coefficient (Wildman–Crippen LogP) is 2.66. The summed E-state index contributed by atoms with van der Waals surface area (Å²) < 4.78 is 26.6. The number of fused-ring (bicyclic) bond motifs is 1. The summed E-state index contributed by atoms with van der Waals surface area (Å²) in [5.41, 5.74) is 0.387. The number of methoxy groups -OCH3 is 1. The highest BCUT2D eigenvalue weighted by Crippen LogP contribution is 2.30. The average molecular weight is 372 g/mol. The van der Waals surface area contributed by atoms with Gasteiger partial charge in [-0.05, 0) is 30.3 Å². The van der Waals surface area contributed by atoms with Crippen molar-refractivity contribution in [3.8, 4) is 23.0 Å². The number of Topliss-reactive ketones (excluding diaryl/α,β-unsaturated/α-hetero) is 1. The third-order valence-electron chi connectivity index (χ3n) is 3.85. The van der Waals surface area contributed by atoms with Gasteiger partial charge in [0.2, 0.25) is 0 Å². The molecule has 0 aliphatic carbocycles. The van der Waals surface area contributed by atoms with Gasteiger partial charge in [0, 0.05) is 12.0 Å². The van der Waals surface area contributed by atoms with Gasteiger partial charge in [-0.25, -0.2) is 4.79 Å². The van der Waals surface area contributed by atoms with Crippen molar-refractivity contribution in [3.63, 3.8) is 0 Å². The molecule has 7 nitrogen and oxygen atoms in total. The summed E-state index contributed by atoms with van der Waals surface area (Å²) in [6.45, 7) is 0.395. The summed E-state index contributed by atoms with van der Waals surface area (Å²) in [4.78, 5) is 24.1. The lowest BCUT2D eigenvalue weighted by Crippen LogP contribution is -2.19. The first-order chi connectivity index (χ1) is 13.2. The highest BCUT2D eigenvalue weighted by molar-refractivity contribution is 5.98. The second kappa shape index (κ2) is 8.93. The fourth-order valence-electron chi connectivity index (χ4n) is 2.48. The minimum absolute atomic E-state index is 0.325. The van der Waals surface area contributed by atoms with E-state index >= 15 is 0 Å². The lowest BCUT2D eigenvalue weighted by Gasteiger charge is -2.11. The van der Waals surface area contributed by atoms with Crippen LogP contribution < -0.4 is 18.9 Å². The standard InChI is InChI=1S/C20H20O7/c1-23-16-5-2-3-6-17(16)26-13-20(22)27-12-15(21)14-7-8-18-19(11-14)25-10-4-9-24-18/h2-3,5-8,11H,4,9-10,12-13H2,1H3. The molecule has 0 unspecified atom stereocenters. The van der Waals surface area contributed by atoms with Crippen LogP contribution in [0.25, 0.3) is 0 Å². The minimum Gasteiger partial charge on any atom is -0.493 e. The van der Waals surface area contributed by atoms with Crippen LogP contribution in [0.5, 0.6) is 23.0 Å². The Morgan fingerprint density at radius 1 is 0.963 bits per heavy atom. The molecule has 0 amide bonds. The van der Waals surface area contributed by atoms with Gasteiger partial charge in [0.25, 0.3) is 0 Å². The Morgan fingerprint density at radius 3 is 2.48 bits per heavy atom. The topological polar surface area (TPSA) is 80.3 Å². The first-order valence-electron chi connectivity index (χ1n) is 8.51. The number of esters is 1. The van der Waals surface area contributed by atoms with Gasteiger partial charge in [0.15, 0.2) is 42.0 Å². The predicted molar refractivity (Wildman–Crippen MR) is 95.8 cm³/mol. The van der Waals surface area contributed by atoms with Crippen LogP contribution in [-0.2, 0) is 9.53 Å². The van der Waals surface area contributed by atoms with Crippen molar-refractivity contribution >= 4 is 11.8 Å². The van der Waals surface area contributed by atoms with E-state index in [2.05, 4.69) is 0 Å². The molecule has 3 rings (SSSR count). The fraction of sp³-hybridized carbons (Fsp3) is 0.300. The SMILES string of the molecule is COc1ccccc1OCC(=O)OCC(=O)c1ccc2c(c1)OCCCO2. The fourth-order valence-corrected chi connectivity index (χ4v) is 2.48. The number of rotatable bonds is 7. The molecular weight excluding hydrogens is 352 g/mol. The molecular formula is C20H20O7. The lowest BCUT2D eigenvalue weighted by atomic mass is 10.1. The van der Waals surface area contributed by atoms with Gasteiger partial charge in [0.1, 0.15) is 0 Å². The summed E-state index contributed by atoms with van der Waals surface area (Å²) in [5, 5.41) is 0. The van der Waals surface area contributed by atoms with E-state index in [0.29, 0.717) is 41.8 Å². The van der Waals surface area contributed by atoms with Crippen LogP contribution in [0.15, 0.2) is 42.5 Å². The third-order valence-corrected chi connectivity index (χ3v) is 3.85. The molecule has 1 aliphatic rings. The van der Waals surface area contributed by atoms with Crippen LogP contribution in [0.2, 0.25) is 0 Å². The van der Waals surface area contributed by atoms with Gasteiger partial charge >= 0.3 is 5.97 Å². The molecule has 0 aromatic heterocycles. The van der Waals surface area contributed by atoms with E-state index in [1.54, 1.807) is 42.5 Å². The maximum atomic E-state index is 12.3. The molecule has 142 valence electrons. The van der Waals surface area contributed by atoms with Crippen molar-refractivity contribution in [2.45, 2.75) is 6.42 Å². The number of carbonyl (C=O) groups excluding carboxylic acids is 2. The Bertz CT molecular complexity index is 816. The summed E-state index contributed by atoms with van der Waals surface area (Å²) in [7, 11) is 1.51. The molecule has 0 saturated carbocycles. The normalized spacial score (nSPS) is 12.6. The van der Waals surface area contributed by atoms with Crippen molar-refractivity contribution in [3.05, 3.63) is 48.0 Å². The van der Waals surface area contributed by atoms with Gasteiger partial charge in [-0.2, -0.15) is 0 Å². The molecule has 2 aromatic carbocycles. The van der Waals surface area contributed by atoms with Gasteiger partial charge in [-0.15, -0.1) is 0 Å². The number of carbonyl (C=O) groups is 2. The Hall–Kier alpha value is -3.22. The second-order valence-electron chi connectivity index (χ2n) is 5.74. The van der Waals surface area contributed by atoms with E-state index < -0.39 is 5.97 Å². The van der Waals surface area contributed by atoms with Gasteiger partial charge in [0.05, 0.1) is 20.3 Å². The third kappa shape index (κ3) is 4.91. The van der Waals surface area contributed by atoms with E-state index in [-0.39, 0.29) is 19.0 Å². The number of hydrogen-bond donors (Lipinski definition) is 0. The second-order valence-corrected chi connectivity index (χ2v) is 5.74. The first kappa shape index (κ1) is 18.6. The average Bonchev–Trinajstić information content (AvgIpc) is 2.95. The van der Waals surface area contributed by atoms with Crippen molar-refractivity contribution < 1.29 is 33.3 Å². The summed E-state index contributed by atoms with van der Waals surface area (Å²) in [6, 6.07) is 11.8. The first-order valence-corrected chi connectivity index (χ1v) is 8.51. The maximum Gasteiger partial charge on any atom is 0.344 e. The molecule has 2 aromatic rings.